The number of pyridine rings is 1. The maximum atomic E-state index is 13.2. The van der Waals surface area contributed by atoms with Gasteiger partial charge in [-0.05, 0) is 37.6 Å². The fourth-order valence-corrected chi connectivity index (χ4v) is 3.63. The number of aryl methyl sites for hydroxylation is 2. The Morgan fingerprint density at radius 3 is 2.61 bits per heavy atom. The number of rotatable bonds is 3. The summed E-state index contributed by atoms with van der Waals surface area (Å²) in [7, 11) is 0. The lowest BCUT2D eigenvalue weighted by Crippen LogP contribution is -2.13. The first-order chi connectivity index (χ1) is 15.0. The molecule has 0 spiro atoms. The van der Waals surface area contributed by atoms with Crippen molar-refractivity contribution in [2.24, 2.45) is 0 Å². The molecule has 5 rings (SSSR count). The molecule has 31 heavy (non-hydrogen) atoms. The van der Waals surface area contributed by atoms with Gasteiger partial charge in [0.1, 0.15) is 5.58 Å². The highest BCUT2D eigenvalue weighted by atomic mass is 16.5. The predicted octanol–water partition coefficient (Wildman–Crippen LogP) is 4.87. The van der Waals surface area contributed by atoms with Gasteiger partial charge in [0, 0.05) is 28.8 Å². The van der Waals surface area contributed by atoms with Crippen molar-refractivity contribution in [1.82, 2.24) is 10.1 Å². The summed E-state index contributed by atoms with van der Waals surface area (Å²) in [6.45, 7) is 3.60. The molecule has 7 nitrogen and oxygen atoms in total. The largest absolute Gasteiger partial charge is 0.423 e. The van der Waals surface area contributed by atoms with Gasteiger partial charge in [0.15, 0.2) is 0 Å². The summed E-state index contributed by atoms with van der Waals surface area (Å²) < 4.78 is 10.6. The van der Waals surface area contributed by atoms with Crippen LogP contribution in [0.15, 0.2) is 74.4 Å². The third-order valence-electron chi connectivity index (χ3n) is 5.14. The van der Waals surface area contributed by atoms with Gasteiger partial charge in [0.25, 0.3) is 11.6 Å². The Morgan fingerprint density at radius 1 is 1.00 bits per heavy atom. The number of amides is 1. The molecule has 1 amide bonds. The standard InChI is InChI=1S/C24H17N3O4/c1-13-10-21(28)30-20-11-16(8-9-17(13)20)25-23(29)18-12-19(15-6-4-3-5-7-15)26-24-22(18)14(2)27-31-24/h3-12H,1-2H3,(H,25,29). The fraction of sp³-hybridized carbons (Fsp3) is 0.0833. The molecule has 0 fully saturated rings. The molecule has 5 aromatic rings. The van der Waals surface area contributed by atoms with Crippen LogP contribution >= 0.6 is 0 Å². The minimum Gasteiger partial charge on any atom is -0.423 e. The highest BCUT2D eigenvalue weighted by molar-refractivity contribution is 6.13. The number of hydrogen-bond acceptors (Lipinski definition) is 6. The number of carbonyl (C=O) groups is 1. The van der Waals surface area contributed by atoms with Gasteiger partial charge in [0.2, 0.25) is 0 Å². The van der Waals surface area contributed by atoms with Gasteiger partial charge in [0.05, 0.1) is 22.3 Å². The van der Waals surface area contributed by atoms with Crippen LogP contribution in [0.2, 0.25) is 0 Å². The first-order valence-electron chi connectivity index (χ1n) is 9.68. The van der Waals surface area contributed by atoms with Gasteiger partial charge in [-0.25, -0.2) is 9.78 Å². The van der Waals surface area contributed by atoms with E-state index in [4.69, 9.17) is 8.94 Å². The minimum atomic E-state index is -0.433. The van der Waals surface area contributed by atoms with Crippen LogP contribution < -0.4 is 10.9 Å². The Hall–Kier alpha value is -4.26. The molecule has 0 aliphatic heterocycles. The van der Waals surface area contributed by atoms with Gasteiger partial charge >= 0.3 is 5.63 Å². The second-order valence-corrected chi connectivity index (χ2v) is 7.28. The van der Waals surface area contributed by atoms with Crippen molar-refractivity contribution in [1.29, 1.82) is 0 Å². The number of nitrogens with zero attached hydrogens (tertiary/aromatic N) is 2. The topological polar surface area (TPSA) is 98.2 Å². The number of fused-ring (bicyclic) bond motifs is 2. The number of hydrogen-bond donors (Lipinski definition) is 1. The molecule has 0 bridgehead atoms. The van der Waals surface area contributed by atoms with Crippen molar-refractivity contribution in [2.45, 2.75) is 13.8 Å². The Bertz CT molecular complexity index is 1520. The molecule has 7 heteroatoms. The lowest BCUT2D eigenvalue weighted by molar-refractivity contribution is 0.102. The van der Waals surface area contributed by atoms with E-state index in [1.165, 1.54) is 6.07 Å². The zero-order valence-corrected chi connectivity index (χ0v) is 16.8. The molecule has 0 saturated heterocycles. The molecule has 2 aromatic carbocycles. The van der Waals surface area contributed by atoms with Crippen LogP contribution in [-0.2, 0) is 0 Å². The molecule has 0 radical (unpaired) electrons. The van der Waals surface area contributed by atoms with Crippen LogP contribution in [0.4, 0.5) is 5.69 Å². The number of anilines is 1. The molecule has 0 aliphatic carbocycles. The van der Waals surface area contributed by atoms with E-state index in [2.05, 4.69) is 15.5 Å². The lowest BCUT2D eigenvalue weighted by atomic mass is 10.0. The third-order valence-corrected chi connectivity index (χ3v) is 5.14. The normalized spacial score (nSPS) is 11.2. The Labute approximate surface area is 176 Å². The van der Waals surface area contributed by atoms with Crippen LogP contribution in [-0.4, -0.2) is 16.0 Å². The zero-order valence-electron chi connectivity index (χ0n) is 16.8. The summed E-state index contributed by atoms with van der Waals surface area (Å²) in [6, 6.07) is 17.9. The van der Waals surface area contributed by atoms with E-state index < -0.39 is 5.63 Å². The average molecular weight is 411 g/mol. The number of aromatic nitrogens is 2. The molecule has 3 heterocycles. The van der Waals surface area contributed by atoms with E-state index in [-0.39, 0.29) is 5.91 Å². The van der Waals surface area contributed by atoms with E-state index in [1.807, 2.05) is 43.3 Å². The minimum absolute atomic E-state index is 0.295. The molecule has 152 valence electrons. The molecular weight excluding hydrogens is 394 g/mol. The Kier molecular flexibility index (Phi) is 4.36. The van der Waals surface area contributed by atoms with Crippen molar-refractivity contribution in [2.75, 3.05) is 5.32 Å². The van der Waals surface area contributed by atoms with Gasteiger partial charge in [-0.3, -0.25) is 4.79 Å². The third kappa shape index (κ3) is 3.36. The van der Waals surface area contributed by atoms with Crippen molar-refractivity contribution in [3.05, 3.63) is 87.9 Å². The van der Waals surface area contributed by atoms with Crippen molar-refractivity contribution >= 4 is 33.7 Å². The second-order valence-electron chi connectivity index (χ2n) is 7.28. The van der Waals surface area contributed by atoms with E-state index in [9.17, 15) is 9.59 Å². The van der Waals surface area contributed by atoms with Crippen LogP contribution in [0.5, 0.6) is 0 Å². The molecule has 0 saturated carbocycles. The summed E-state index contributed by atoms with van der Waals surface area (Å²) in [6.07, 6.45) is 0. The quantitative estimate of drug-likeness (QED) is 0.426. The van der Waals surface area contributed by atoms with Crippen molar-refractivity contribution in [3.63, 3.8) is 0 Å². The number of carbonyl (C=O) groups excluding carboxylic acids is 1. The summed E-state index contributed by atoms with van der Waals surface area (Å²) in [5.41, 5.74) is 4.03. The first kappa shape index (κ1) is 18.7. The molecule has 0 unspecified atom stereocenters. The maximum absolute atomic E-state index is 13.2. The molecular formula is C24H17N3O4. The zero-order chi connectivity index (χ0) is 21.5. The summed E-state index contributed by atoms with van der Waals surface area (Å²) in [5, 5.41) is 8.22. The Morgan fingerprint density at radius 2 is 1.81 bits per heavy atom. The second kappa shape index (κ2) is 7.21. The summed E-state index contributed by atoms with van der Waals surface area (Å²) >= 11 is 0. The predicted molar refractivity (Wildman–Crippen MR) is 117 cm³/mol. The average Bonchev–Trinajstić information content (AvgIpc) is 3.14. The number of benzene rings is 2. The van der Waals surface area contributed by atoms with Crippen LogP contribution in [0.1, 0.15) is 21.6 Å². The van der Waals surface area contributed by atoms with Crippen LogP contribution in [0, 0.1) is 13.8 Å². The fourth-order valence-electron chi connectivity index (χ4n) is 3.63. The van der Waals surface area contributed by atoms with E-state index in [0.29, 0.717) is 39.3 Å². The Balaban J connectivity index is 1.59. The lowest BCUT2D eigenvalue weighted by Gasteiger charge is -2.09. The summed E-state index contributed by atoms with van der Waals surface area (Å²) in [4.78, 5) is 29.5. The van der Waals surface area contributed by atoms with E-state index in [0.717, 1.165) is 16.5 Å². The molecule has 1 N–H and O–H groups in total. The molecule has 3 aromatic heterocycles. The van der Waals surface area contributed by atoms with Gasteiger partial charge in [-0.15, -0.1) is 0 Å². The molecule has 0 aliphatic rings. The SMILES string of the molecule is Cc1cc(=O)oc2cc(NC(=O)c3cc(-c4ccccc4)nc4onc(C)c34)ccc12. The molecule has 0 atom stereocenters. The maximum Gasteiger partial charge on any atom is 0.336 e. The number of nitrogens with one attached hydrogen (secondary N) is 1. The van der Waals surface area contributed by atoms with Crippen LogP contribution in [0.3, 0.4) is 0 Å². The highest BCUT2D eigenvalue weighted by Gasteiger charge is 2.20. The first-order valence-corrected chi connectivity index (χ1v) is 9.68. The van der Waals surface area contributed by atoms with Crippen LogP contribution in [0.25, 0.3) is 33.3 Å². The van der Waals surface area contributed by atoms with Crippen molar-refractivity contribution in [3.8, 4) is 11.3 Å². The summed E-state index contributed by atoms with van der Waals surface area (Å²) in [5.74, 6) is -0.342. The van der Waals surface area contributed by atoms with Gasteiger partial charge < -0.3 is 14.3 Å². The monoisotopic (exact) mass is 411 g/mol. The van der Waals surface area contributed by atoms with Crippen molar-refractivity contribution < 1.29 is 13.7 Å². The van der Waals surface area contributed by atoms with E-state index in [1.54, 1.807) is 25.1 Å². The van der Waals surface area contributed by atoms with E-state index >= 15 is 0 Å². The van der Waals surface area contributed by atoms with Gasteiger partial charge in [-0.1, -0.05) is 35.5 Å². The smallest absolute Gasteiger partial charge is 0.336 e. The highest BCUT2D eigenvalue weighted by Crippen LogP contribution is 2.28. The van der Waals surface area contributed by atoms with Gasteiger partial charge in [-0.2, -0.15) is 0 Å².